The van der Waals surface area contributed by atoms with Crippen molar-refractivity contribution in [1.82, 2.24) is 23.6 Å². The Morgan fingerprint density at radius 1 is 0.950 bits per heavy atom. The van der Waals surface area contributed by atoms with E-state index in [1.54, 1.807) is 33.3 Å². The lowest BCUT2D eigenvalue weighted by atomic mass is 10.1. The van der Waals surface area contributed by atoms with Gasteiger partial charge in [0.2, 0.25) is 10.0 Å². The molecule has 0 aliphatic carbocycles. The van der Waals surface area contributed by atoms with Gasteiger partial charge in [0.05, 0.1) is 27.2 Å². The van der Waals surface area contributed by atoms with Crippen LogP contribution in [0.1, 0.15) is 30.7 Å². The number of benzene rings is 3. The van der Waals surface area contributed by atoms with Crippen LogP contribution in [0.15, 0.2) is 90.0 Å². The largest absolute Gasteiger partial charge is 0.327 e. The second-order valence-corrected chi connectivity index (χ2v) is 11.8. The molecule has 2 aromatic heterocycles. The van der Waals surface area contributed by atoms with Gasteiger partial charge in [0.25, 0.3) is 0 Å². The fourth-order valence-corrected chi connectivity index (χ4v) is 6.74. The van der Waals surface area contributed by atoms with Crippen molar-refractivity contribution in [2.75, 3.05) is 13.1 Å². The van der Waals surface area contributed by atoms with E-state index in [2.05, 4.69) is 6.07 Å². The average Bonchev–Trinajstić information content (AvgIpc) is 3.58. The monoisotopic (exact) mass is 548 g/mol. The number of hydrogen-bond donors (Lipinski definition) is 0. The molecule has 0 radical (unpaired) electrons. The van der Waals surface area contributed by atoms with Crippen molar-refractivity contribution in [2.45, 2.75) is 24.2 Å². The molecule has 0 amide bonds. The van der Waals surface area contributed by atoms with Crippen LogP contribution >= 0.6 is 0 Å². The molecule has 0 atom stereocenters. The van der Waals surface area contributed by atoms with Crippen molar-refractivity contribution in [3.05, 3.63) is 96.4 Å². The Kier molecular flexibility index (Phi) is 6.80. The molecule has 1 fully saturated rings. The van der Waals surface area contributed by atoms with Gasteiger partial charge in [-0.15, -0.1) is 0 Å². The predicted octanol–water partition coefficient (Wildman–Crippen LogP) is 5.66. The van der Waals surface area contributed by atoms with Gasteiger partial charge in [-0.3, -0.25) is 0 Å². The number of para-hydroxylation sites is 3. The third-order valence-electron chi connectivity index (χ3n) is 7.27. The number of sulfonamides is 1. The molecule has 0 N–H and O–H groups in total. The van der Waals surface area contributed by atoms with Gasteiger partial charge < -0.3 is 4.57 Å². The van der Waals surface area contributed by atoms with Crippen LogP contribution in [0.3, 0.4) is 0 Å². The van der Waals surface area contributed by atoms with Gasteiger partial charge in [0.1, 0.15) is 11.8 Å². The third kappa shape index (κ3) is 4.72. The van der Waals surface area contributed by atoms with E-state index >= 15 is 0 Å². The Bertz CT molecular complexity index is 1870. The van der Waals surface area contributed by atoms with E-state index in [0.717, 1.165) is 36.0 Å². The minimum atomic E-state index is -3.62. The van der Waals surface area contributed by atoms with Crippen molar-refractivity contribution in [3.63, 3.8) is 0 Å². The van der Waals surface area contributed by atoms with Crippen LogP contribution < -0.4 is 0 Å². The molecule has 0 unspecified atom stereocenters. The Morgan fingerprint density at radius 3 is 2.45 bits per heavy atom. The van der Waals surface area contributed by atoms with Crippen molar-refractivity contribution >= 4 is 32.7 Å². The summed E-state index contributed by atoms with van der Waals surface area (Å²) in [5.74, 6) is 0.545. The first-order chi connectivity index (χ1) is 19.5. The van der Waals surface area contributed by atoms with Crippen LogP contribution in [-0.2, 0) is 17.1 Å². The fraction of sp³-hybridized carbons (Fsp3) is 0.194. The molecule has 1 saturated heterocycles. The number of aryl methyl sites for hydroxylation is 1. The normalized spacial score (nSPS) is 14.8. The molecule has 5 aromatic rings. The standard InChI is InChI=1S/C31H28N6O2S/c1-35-29-16-7-6-15-28(29)33-31(35)24(21-32)19-25-22-37(26-12-4-2-5-13-26)34-30(25)23-11-10-14-27(20-23)40(38,39)36-17-8-3-9-18-36/h2,4-7,10-16,19-20,22H,3,8-9,17-18H2,1H3. The van der Waals surface area contributed by atoms with Crippen LogP contribution in [0.2, 0.25) is 0 Å². The molecular weight excluding hydrogens is 520 g/mol. The number of aromatic nitrogens is 4. The van der Waals surface area contributed by atoms with Gasteiger partial charge in [0.15, 0.2) is 5.82 Å². The van der Waals surface area contributed by atoms with Crippen molar-refractivity contribution in [2.24, 2.45) is 7.05 Å². The van der Waals surface area contributed by atoms with E-state index in [0.29, 0.717) is 41.3 Å². The molecule has 9 heteroatoms. The van der Waals surface area contributed by atoms with E-state index < -0.39 is 10.0 Å². The number of hydrogen-bond acceptors (Lipinski definition) is 5. The second kappa shape index (κ2) is 10.6. The zero-order valence-electron chi connectivity index (χ0n) is 22.1. The highest BCUT2D eigenvalue weighted by atomic mass is 32.2. The summed E-state index contributed by atoms with van der Waals surface area (Å²) >= 11 is 0. The lowest BCUT2D eigenvalue weighted by Crippen LogP contribution is -2.35. The zero-order valence-corrected chi connectivity index (χ0v) is 22.9. The highest BCUT2D eigenvalue weighted by Crippen LogP contribution is 2.31. The minimum absolute atomic E-state index is 0.243. The minimum Gasteiger partial charge on any atom is -0.327 e. The number of nitriles is 1. The summed E-state index contributed by atoms with van der Waals surface area (Å²) in [5, 5.41) is 15.0. The highest BCUT2D eigenvalue weighted by Gasteiger charge is 2.26. The smallest absolute Gasteiger partial charge is 0.243 e. The molecular formula is C31H28N6O2S. The summed E-state index contributed by atoms with van der Waals surface area (Å²) in [5.41, 5.74) is 4.87. The van der Waals surface area contributed by atoms with Gasteiger partial charge in [-0.05, 0) is 55.3 Å². The highest BCUT2D eigenvalue weighted by molar-refractivity contribution is 7.89. The van der Waals surface area contributed by atoms with E-state index in [9.17, 15) is 13.7 Å². The summed E-state index contributed by atoms with van der Waals surface area (Å²) in [6, 6.07) is 26.7. The lowest BCUT2D eigenvalue weighted by Gasteiger charge is -2.26. The molecule has 3 aromatic carbocycles. The summed E-state index contributed by atoms with van der Waals surface area (Å²) < 4.78 is 32.1. The van der Waals surface area contributed by atoms with Crippen molar-refractivity contribution in [1.29, 1.82) is 5.26 Å². The average molecular weight is 549 g/mol. The number of rotatable bonds is 6. The van der Waals surface area contributed by atoms with Gasteiger partial charge in [0, 0.05) is 37.5 Å². The van der Waals surface area contributed by atoms with Gasteiger partial charge >= 0.3 is 0 Å². The van der Waals surface area contributed by atoms with Gasteiger partial charge in [-0.25, -0.2) is 18.1 Å². The molecule has 3 heterocycles. The van der Waals surface area contributed by atoms with Crippen LogP contribution in [0.25, 0.3) is 39.6 Å². The Hall–Kier alpha value is -4.52. The van der Waals surface area contributed by atoms with Crippen molar-refractivity contribution in [3.8, 4) is 23.0 Å². The second-order valence-electron chi connectivity index (χ2n) is 9.86. The third-order valence-corrected chi connectivity index (χ3v) is 9.17. The molecule has 0 bridgehead atoms. The zero-order chi connectivity index (χ0) is 27.7. The first kappa shape index (κ1) is 25.7. The summed E-state index contributed by atoms with van der Waals surface area (Å²) in [7, 11) is -1.74. The van der Waals surface area contributed by atoms with E-state index in [4.69, 9.17) is 10.1 Å². The molecule has 6 rings (SSSR count). The number of fused-ring (bicyclic) bond motifs is 1. The van der Waals surface area contributed by atoms with Crippen LogP contribution in [0, 0.1) is 11.3 Å². The van der Waals surface area contributed by atoms with Gasteiger partial charge in [-0.2, -0.15) is 14.7 Å². The first-order valence-electron chi connectivity index (χ1n) is 13.2. The maximum atomic E-state index is 13.4. The Morgan fingerprint density at radius 2 is 1.70 bits per heavy atom. The Labute approximate surface area is 233 Å². The first-order valence-corrected chi connectivity index (χ1v) is 14.7. The molecule has 1 aliphatic rings. The van der Waals surface area contributed by atoms with E-state index in [1.807, 2.05) is 78.5 Å². The number of imidazole rings is 1. The summed E-state index contributed by atoms with van der Waals surface area (Å²) in [4.78, 5) is 4.95. The van der Waals surface area contributed by atoms with Crippen molar-refractivity contribution < 1.29 is 8.42 Å². The van der Waals surface area contributed by atoms with Crippen LogP contribution in [-0.4, -0.2) is 45.1 Å². The van der Waals surface area contributed by atoms with Gasteiger partial charge in [-0.1, -0.05) is 48.9 Å². The summed E-state index contributed by atoms with van der Waals surface area (Å²) in [6.45, 7) is 1.07. The predicted molar refractivity (Wildman–Crippen MR) is 156 cm³/mol. The van der Waals surface area contributed by atoms with Crippen LogP contribution in [0.4, 0.5) is 0 Å². The molecule has 0 saturated carbocycles. The Balaban J connectivity index is 1.49. The van der Waals surface area contributed by atoms with E-state index in [-0.39, 0.29) is 4.90 Å². The molecule has 40 heavy (non-hydrogen) atoms. The quantitative estimate of drug-likeness (QED) is 0.255. The maximum absolute atomic E-state index is 13.4. The number of piperidine rings is 1. The summed E-state index contributed by atoms with van der Waals surface area (Å²) in [6.07, 6.45) is 6.42. The lowest BCUT2D eigenvalue weighted by molar-refractivity contribution is 0.346. The SMILES string of the molecule is Cn1c(C(C#N)=Cc2cn(-c3ccccc3)nc2-c2cccc(S(=O)(=O)N3CCCCC3)c2)nc2ccccc21. The van der Waals surface area contributed by atoms with Crippen LogP contribution in [0.5, 0.6) is 0 Å². The topological polar surface area (TPSA) is 96.8 Å². The molecule has 0 spiro atoms. The number of nitrogens with zero attached hydrogens (tertiary/aromatic N) is 6. The maximum Gasteiger partial charge on any atom is 0.243 e. The molecule has 200 valence electrons. The molecule has 8 nitrogen and oxygen atoms in total. The van der Waals surface area contributed by atoms with E-state index in [1.165, 1.54) is 0 Å². The number of allylic oxidation sites excluding steroid dienone is 1. The fourth-order valence-electron chi connectivity index (χ4n) is 5.18. The molecule has 1 aliphatic heterocycles.